The van der Waals surface area contributed by atoms with E-state index in [-0.39, 0.29) is 18.2 Å². The predicted molar refractivity (Wildman–Crippen MR) is 70.0 cm³/mol. The average Bonchev–Trinajstić information content (AvgIpc) is 3.11. The molecule has 18 heavy (non-hydrogen) atoms. The van der Waals surface area contributed by atoms with Crippen LogP contribution in [0.2, 0.25) is 0 Å². The maximum atomic E-state index is 11.7. The lowest BCUT2D eigenvalue weighted by molar-refractivity contribution is 0.233. The molecule has 1 fully saturated rings. The van der Waals surface area contributed by atoms with Gasteiger partial charge >= 0.3 is 6.03 Å². The van der Waals surface area contributed by atoms with E-state index in [1.54, 1.807) is 0 Å². The van der Waals surface area contributed by atoms with Crippen molar-refractivity contribution in [1.29, 1.82) is 0 Å². The van der Waals surface area contributed by atoms with Crippen LogP contribution in [0.25, 0.3) is 0 Å². The van der Waals surface area contributed by atoms with Crippen LogP contribution in [0, 0.1) is 0 Å². The summed E-state index contributed by atoms with van der Waals surface area (Å²) in [6.07, 6.45) is 2.47. The Hall–Kier alpha value is -1.75. The van der Waals surface area contributed by atoms with Crippen molar-refractivity contribution in [1.82, 2.24) is 10.6 Å². The second-order valence-electron chi connectivity index (χ2n) is 4.66. The Kier molecular flexibility index (Phi) is 3.72. The fourth-order valence-corrected chi connectivity index (χ4v) is 1.96. The quantitative estimate of drug-likeness (QED) is 0.462. The van der Waals surface area contributed by atoms with Crippen LogP contribution in [0.4, 0.5) is 10.5 Å². The van der Waals surface area contributed by atoms with E-state index in [0.29, 0.717) is 13.0 Å². The van der Waals surface area contributed by atoms with Crippen LogP contribution in [-0.4, -0.2) is 24.3 Å². The molecule has 0 bridgehead atoms. The van der Waals surface area contributed by atoms with Gasteiger partial charge in [-0.3, -0.25) is 0 Å². The Balaban J connectivity index is 1.92. The first kappa shape index (κ1) is 12.7. The number of aliphatic hydroxyl groups excluding tert-OH is 1. The standard InChI is InChI=1S/C13H19N3O2/c14-11-4-2-10(3-5-11)13(6-7-13)16-12(18)15-8-1-9-17/h2-5,17H,1,6-9,14H2,(H2,15,16,18). The SMILES string of the molecule is Nc1ccc(C2(NC(=O)NCCCO)CC2)cc1. The van der Waals surface area contributed by atoms with E-state index in [1.165, 1.54) is 0 Å². The molecule has 1 saturated carbocycles. The van der Waals surface area contributed by atoms with Crippen molar-refractivity contribution in [2.45, 2.75) is 24.8 Å². The molecule has 0 saturated heterocycles. The second-order valence-corrected chi connectivity index (χ2v) is 4.66. The third-order valence-corrected chi connectivity index (χ3v) is 3.19. The normalized spacial score (nSPS) is 16.1. The lowest BCUT2D eigenvalue weighted by Gasteiger charge is -2.18. The third kappa shape index (κ3) is 2.92. The van der Waals surface area contributed by atoms with Crippen molar-refractivity contribution in [3.63, 3.8) is 0 Å². The van der Waals surface area contributed by atoms with E-state index in [4.69, 9.17) is 10.8 Å². The molecule has 0 spiro atoms. The summed E-state index contributed by atoms with van der Waals surface area (Å²) in [7, 11) is 0. The number of carbonyl (C=O) groups is 1. The summed E-state index contributed by atoms with van der Waals surface area (Å²) in [5.74, 6) is 0. The van der Waals surface area contributed by atoms with Crippen molar-refractivity contribution in [2.24, 2.45) is 0 Å². The number of amides is 2. The minimum Gasteiger partial charge on any atom is -0.399 e. The molecule has 2 rings (SSSR count). The number of nitrogens with two attached hydrogens (primary N) is 1. The number of carbonyl (C=O) groups excluding carboxylic acids is 1. The van der Waals surface area contributed by atoms with Crippen molar-refractivity contribution >= 4 is 11.7 Å². The van der Waals surface area contributed by atoms with Gasteiger partial charge in [0.15, 0.2) is 0 Å². The van der Waals surface area contributed by atoms with E-state index < -0.39 is 0 Å². The van der Waals surface area contributed by atoms with Gasteiger partial charge in [-0.05, 0) is 37.0 Å². The Bertz CT molecular complexity index is 413. The lowest BCUT2D eigenvalue weighted by Crippen LogP contribution is -2.42. The van der Waals surface area contributed by atoms with Crippen LogP contribution < -0.4 is 16.4 Å². The topological polar surface area (TPSA) is 87.4 Å². The summed E-state index contributed by atoms with van der Waals surface area (Å²) in [6.45, 7) is 0.573. The van der Waals surface area contributed by atoms with Gasteiger partial charge in [-0.25, -0.2) is 4.79 Å². The van der Waals surface area contributed by atoms with Gasteiger partial charge in [0.2, 0.25) is 0 Å². The van der Waals surface area contributed by atoms with Gasteiger partial charge < -0.3 is 21.5 Å². The van der Waals surface area contributed by atoms with Crippen LogP contribution in [0.5, 0.6) is 0 Å². The first-order valence-corrected chi connectivity index (χ1v) is 6.19. The van der Waals surface area contributed by atoms with Gasteiger partial charge in [0.25, 0.3) is 0 Å². The summed E-state index contributed by atoms with van der Waals surface area (Å²) >= 11 is 0. The summed E-state index contributed by atoms with van der Waals surface area (Å²) in [4.78, 5) is 11.7. The molecule has 2 amide bonds. The van der Waals surface area contributed by atoms with Crippen molar-refractivity contribution in [3.05, 3.63) is 29.8 Å². The summed E-state index contributed by atoms with van der Waals surface area (Å²) in [5.41, 5.74) is 7.24. The van der Waals surface area contributed by atoms with E-state index in [0.717, 1.165) is 24.1 Å². The number of benzene rings is 1. The molecule has 0 aromatic heterocycles. The highest BCUT2D eigenvalue weighted by Gasteiger charge is 2.45. The Morgan fingerprint density at radius 1 is 1.33 bits per heavy atom. The molecule has 5 heteroatoms. The molecule has 0 atom stereocenters. The Morgan fingerprint density at radius 3 is 2.56 bits per heavy atom. The summed E-state index contributed by atoms with van der Waals surface area (Å²) in [5, 5.41) is 14.4. The first-order chi connectivity index (χ1) is 8.66. The van der Waals surface area contributed by atoms with Crippen molar-refractivity contribution in [3.8, 4) is 0 Å². The number of urea groups is 1. The highest BCUT2D eigenvalue weighted by Crippen LogP contribution is 2.45. The lowest BCUT2D eigenvalue weighted by atomic mass is 10.0. The molecular weight excluding hydrogens is 230 g/mol. The number of aliphatic hydroxyl groups is 1. The van der Waals surface area contributed by atoms with Crippen LogP contribution >= 0.6 is 0 Å². The van der Waals surface area contributed by atoms with Crippen LogP contribution in [0.15, 0.2) is 24.3 Å². The second kappa shape index (κ2) is 5.27. The number of hydrogen-bond acceptors (Lipinski definition) is 3. The van der Waals surface area contributed by atoms with Crippen LogP contribution in [0.3, 0.4) is 0 Å². The van der Waals surface area contributed by atoms with E-state index >= 15 is 0 Å². The zero-order chi connectivity index (χ0) is 13.0. The molecule has 1 aliphatic rings. The first-order valence-electron chi connectivity index (χ1n) is 6.19. The summed E-state index contributed by atoms with van der Waals surface area (Å²) in [6, 6.07) is 7.42. The Labute approximate surface area is 106 Å². The van der Waals surface area contributed by atoms with Gasteiger partial charge in [-0.1, -0.05) is 12.1 Å². The summed E-state index contributed by atoms with van der Waals surface area (Å²) < 4.78 is 0. The van der Waals surface area contributed by atoms with E-state index in [9.17, 15) is 4.79 Å². The fourth-order valence-electron chi connectivity index (χ4n) is 1.96. The fraction of sp³-hybridized carbons (Fsp3) is 0.462. The van der Waals surface area contributed by atoms with E-state index in [1.807, 2.05) is 24.3 Å². The van der Waals surface area contributed by atoms with Gasteiger partial charge in [0.1, 0.15) is 0 Å². The van der Waals surface area contributed by atoms with Gasteiger partial charge in [-0.15, -0.1) is 0 Å². The molecule has 1 aromatic carbocycles. The van der Waals surface area contributed by atoms with Crippen LogP contribution in [-0.2, 0) is 5.54 Å². The average molecular weight is 249 g/mol. The molecule has 0 unspecified atom stereocenters. The highest BCUT2D eigenvalue weighted by atomic mass is 16.3. The van der Waals surface area contributed by atoms with Crippen LogP contribution in [0.1, 0.15) is 24.8 Å². The number of hydrogen-bond donors (Lipinski definition) is 4. The maximum absolute atomic E-state index is 11.7. The maximum Gasteiger partial charge on any atom is 0.315 e. The zero-order valence-electron chi connectivity index (χ0n) is 10.3. The third-order valence-electron chi connectivity index (χ3n) is 3.19. The molecule has 1 aliphatic carbocycles. The van der Waals surface area contributed by atoms with Gasteiger partial charge in [0, 0.05) is 18.8 Å². The minimum absolute atomic E-state index is 0.0867. The number of anilines is 1. The number of rotatable bonds is 5. The molecule has 0 heterocycles. The van der Waals surface area contributed by atoms with Gasteiger partial charge in [0.05, 0.1) is 5.54 Å². The molecule has 1 aromatic rings. The molecule has 0 radical (unpaired) electrons. The largest absolute Gasteiger partial charge is 0.399 e. The molecule has 5 N–H and O–H groups in total. The smallest absolute Gasteiger partial charge is 0.315 e. The van der Waals surface area contributed by atoms with Crippen molar-refractivity contribution in [2.75, 3.05) is 18.9 Å². The van der Waals surface area contributed by atoms with Crippen molar-refractivity contribution < 1.29 is 9.90 Å². The predicted octanol–water partition coefficient (Wildman–Crippen LogP) is 0.940. The number of nitrogens with one attached hydrogen (secondary N) is 2. The monoisotopic (exact) mass is 249 g/mol. The van der Waals surface area contributed by atoms with Gasteiger partial charge in [-0.2, -0.15) is 0 Å². The van der Waals surface area contributed by atoms with E-state index in [2.05, 4.69) is 10.6 Å². The minimum atomic E-state index is -0.225. The zero-order valence-corrected chi connectivity index (χ0v) is 10.3. The molecule has 98 valence electrons. The molecule has 0 aliphatic heterocycles. The highest BCUT2D eigenvalue weighted by molar-refractivity contribution is 5.75. The molecular formula is C13H19N3O2. The Morgan fingerprint density at radius 2 is 2.00 bits per heavy atom. The number of nitrogen functional groups attached to an aromatic ring is 1. The molecule has 5 nitrogen and oxygen atoms in total.